The summed E-state index contributed by atoms with van der Waals surface area (Å²) in [6.45, 7) is 5.44. The molecule has 0 heterocycles. The summed E-state index contributed by atoms with van der Waals surface area (Å²) < 4.78 is 28.1. The molecule has 0 fully saturated rings. The maximum atomic E-state index is 12.7. The molecule has 0 bridgehead atoms. The molecule has 3 rings (SSSR count). The fraction of sp³-hybridized carbons (Fsp3) is 0.190. The van der Waals surface area contributed by atoms with Gasteiger partial charge in [-0.15, -0.1) is 0 Å². The van der Waals surface area contributed by atoms with Crippen LogP contribution in [0.15, 0.2) is 71.6 Å². The van der Waals surface area contributed by atoms with Crippen LogP contribution in [-0.2, 0) is 14.8 Å². The van der Waals surface area contributed by atoms with Crippen molar-refractivity contribution >= 4 is 38.1 Å². The average molecular weight is 382 g/mol. The number of benzene rings is 3. The quantitative estimate of drug-likeness (QED) is 0.691. The van der Waals surface area contributed by atoms with E-state index in [0.717, 1.165) is 10.8 Å². The zero-order valence-corrected chi connectivity index (χ0v) is 16.3. The number of hydrogen-bond acceptors (Lipinski definition) is 3. The molecule has 6 heteroatoms. The highest BCUT2D eigenvalue weighted by atomic mass is 32.2. The van der Waals surface area contributed by atoms with Gasteiger partial charge in [0.15, 0.2) is 0 Å². The Balaban J connectivity index is 1.85. The van der Waals surface area contributed by atoms with E-state index in [2.05, 4.69) is 10.0 Å². The summed E-state index contributed by atoms with van der Waals surface area (Å²) in [5, 5.41) is 4.63. The summed E-state index contributed by atoms with van der Waals surface area (Å²) in [5.74, 6) is -0.142. The first-order valence-corrected chi connectivity index (χ1v) is 10.1. The third kappa shape index (κ3) is 4.46. The molecule has 140 valence electrons. The van der Waals surface area contributed by atoms with E-state index in [-0.39, 0.29) is 10.8 Å². The number of nitrogens with one attached hydrogen (secondary N) is 2. The van der Waals surface area contributed by atoms with Gasteiger partial charge >= 0.3 is 0 Å². The third-order valence-corrected chi connectivity index (χ3v) is 5.46. The molecule has 0 spiro atoms. The van der Waals surface area contributed by atoms with E-state index >= 15 is 0 Å². The van der Waals surface area contributed by atoms with E-state index in [4.69, 9.17) is 0 Å². The van der Waals surface area contributed by atoms with Gasteiger partial charge in [0.25, 0.3) is 10.0 Å². The Morgan fingerprint density at radius 1 is 0.815 bits per heavy atom. The van der Waals surface area contributed by atoms with Crippen molar-refractivity contribution < 1.29 is 13.2 Å². The van der Waals surface area contributed by atoms with Gasteiger partial charge in [-0.2, -0.15) is 0 Å². The van der Waals surface area contributed by atoms with Gasteiger partial charge in [-0.05, 0) is 41.1 Å². The Hall–Kier alpha value is -2.86. The van der Waals surface area contributed by atoms with E-state index in [1.807, 2.05) is 45.0 Å². The first-order chi connectivity index (χ1) is 12.6. The summed E-state index contributed by atoms with van der Waals surface area (Å²) in [6.07, 6.45) is 0. The lowest BCUT2D eigenvalue weighted by Gasteiger charge is -2.18. The number of carbonyl (C=O) groups is 1. The molecule has 0 aliphatic heterocycles. The Morgan fingerprint density at radius 3 is 2.19 bits per heavy atom. The Bertz CT molecular complexity index is 1100. The van der Waals surface area contributed by atoms with Crippen molar-refractivity contribution in [2.75, 3.05) is 10.0 Å². The summed E-state index contributed by atoms with van der Waals surface area (Å²) >= 11 is 0. The normalized spacial score (nSPS) is 12.0. The minimum Gasteiger partial charge on any atom is -0.326 e. The largest absolute Gasteiger partial charge is 0.326 e. The van der Waals surface area contributed by atoms with Crippen molar-refractivity contribution in [3.05, 3.63) is 66.7 Å². The molecule has 0 aliphatic carbocycles. The van der Waals surface area contributed by atoms with Crippen LogP contribution in [0.3, 0.4) is 0 Å². The van der Waals surface area contributed by atoms with Crippen molar-refractivity contribution in [2.45, 2.75) is 25.7 Å². The van der Waals surface area contributed by atoms with E-state index in [9.17, 15) is 13.2 Å². The highest BCUT2D eigenvalue weighted by molar-refractivity contribution is 7.92. The van der Waals surface area contributed by atoms with E-state index in [1.54, 1.807) is 42.5 Å². The highest BCUT2D eigenvalue weighted by Gasteiger charge is 2.21. The van der Waals surface area contributed by atoms with Crippen LogP contribution < -0.4 is 10.0 Å². The van der Waals surface area contributed by atoms with Crippen molar-refractivity contribution in [3.63, 3.8) is 0 Å². The lowest BCUT2D eigenvalue weighted by Crippen LogP contribution is -2.27. The molecule has 0 unspecified atom stereocenters. The Kier molecular flexibility index (Phi) is 4.93. The van der Waals surface area contributed by atoms with Crippen molar-refractivity contribution in [1.82, 2.24) is 0 Å². The lowest BCUT2D eigenvalue weighted by molar-refractivity contribution is -0.123. The second-order valence-electron chi connectivity index (χ2n) is 7.40. The molecule has 0 atom stereocenters. The van der Waals surface area contributed by atoms with Crippen LogP contribution in [0.5, 0.6) is 0 Å². The maximum absolute atomic E-state index is 12.7. The second kappa shape index (κ2) is 7.04. The predicted molar refractivity (Wildman–Crippen MR) is 109 cm³/mol. The van der Waals surface area contributed by atoms with Crippen LogP contribution in [0.4, 0.5) is 11.4 Å². The molecule has 5 nitrogen and oxygen atoms in total. The fourth-order valence-electron chi connectivity index (χ4n) is 2.53. The van der Waals surface area contributed by atoms with Gasteiger partial charge < -0.3 is 5.32 Å². The molecule has 1 amide bonds. The second-order valence-corrected chi connectivity index (χ2v) is 9.08. The Labute approximate surface area is 159 Å². The van der Waals surface area contributed by atoms with Gasteiger partial charge in [0.05, 0.1) is 10.6 Å². The molecular formula is C21H22N2O3S. The number of carbonyl (C=O) groups excluding carboxylic acids is 1. The minimum atomic E-state index is -3.74. The van der Waals surface area contributed by atoms with Crippen LogP contribution >= 0.6 is 0 Å². The van der Waals surface area contributed by atoms with Crippen LogP contribution in [0, 0.1) is 5.41 Å². The minimum absolute atomic E-state index is 0.142. The van der Waals surface area contributed by atoms with E-state index in [1.165, 1.54) is 0 Å². The molecular weight excluding hydrogens is 360 g/mol. The van der Waals surface area contributed by atoms with Crippen molar-refractivity contribution in [2.24, 2.45) is 5.41 Å². The van der Waals surface area contributed by atoms with E-state index in [0.29, 0.717) is 11.4 Å². The first-order valence-electron chi connectivity index (χ1n) is 8.58. The summed E-state index contributed by atoms with van der Waals surface area (Å²) in [6, 6.07) is 19.2. The standard InChI is InChI=1S/C21H22N2O3S/c1-21(2,3)20(24)22-17-9-6-10-18(14-17)23-27(25,26)19-12-11-15-7-4-5-8-16(15)13-19/h4-14,23H,1-3H3,(H,22,24). The van der Waals surface area contributed by atoms with Crippen LogP contribution in [0.25, 0.3) is 10.8 Å². The topological polar surface area (TPSA) is 75.3 Å². The molecule has 0 aliphatic rings. The van der Waals surface area contributed by atoms with Crippen molar-refractivity contribution in [1.29, 1.82) is 0 Å². The van der Waals surface area contributed by atoms with Crippen LogP contribution in [0.1, 0.15) is 20.8 Å². The zero-order chi connectivity index (χ0) is 19.7. The van der Waals surface area contributed by atoms with Gasteiger partial charge in [0, 0.05) is 11.1 Å². The summed E-state index contributed by atoms with van der Waals surface area (Å²) in [5.41, 5.74) is 0.379. The van der Waals surface area contributed by atoms with Gasteiger partial charge in [0.2, 0.25) is 5.91 Å². The number of fused-ring (bicyclic) bond motifs is 1. The molecule has 0 saturated carbocycles. The SMILES string of the molecule is CC(C)(C)C(=O)Nc1cccc(NS(=O)(=O)c2ccc3ccccc3c2)c1. The number of anilines is 2. The first kappa shape index (κ1) is 18.9. The van der Waals surface area contributed by atoms with Crippen molar-refractivity contribution in [3.8, 4) is 0 Å². The monoisotopic (exact) mass is 382 g/mol. The zero-order valence-electron chi connectivity index (χ0n) is 15.5. The molecule has 3 aromatic rings. The molecule has 3 aromatic carbocycles. The molecule has 0 radical (unpaired) electrons. The molecule has 2 N–H and O–H groups in total. The Morgan fingerprint density at radius 2 is 1.48 bits per heavy atom. The van der Waals surface area contributed by atoms with E-state index < -0.39 is 15.4 Å². The maximum Gasteiger partial charge on any atom is 0.261 e. The highest BCUT2D eigenvalue weighted by Crippen LogP contribution is 2.24. The van der Waals surface area contributed by atoms with Gasteiger partial charge in [-0.25, -0.2) is 8.42 Å². The summed E-state index contributed by atoms with van der Waals surface area (Å²) in [4.78, 5) is 12.3. The smallest absolute Gasteiger partial charge is 0.261 e. The van der Waals surface area contributed by atoms with Gasteiger partial charge in [-0.1, -0.05) is 57.2 Å². The molecule has 0 aromatic heterocycles. The van der Waals surface area contributed by atoms with Gasteiger partial charge in [0.1, 0.15) is 0 Å². The number of amides is 1. The number of sulfonamides is 1. The fourth-order valence-corrected chi connectivity index (χ4v) is 3.61. The van der Waals surface area contributed by atoms with Gasteiger partial charge in [-0.3, -0.25) is 9.52 Å². The predicted octanol–water partition coefficient (Wildman–Crippen LogP) is 4.63. The average Bonchev–Trinajstić information content (AvgIpc) is 2.60. The lowest BCUT2D eigenvalue weighted by atomic mass is 9.95. The number of rotatable bonds is 4. The summed E-state index contributed by atoms with van der Waals surface area (Å²) in [7, 11) is -3.74. The molecule has 27 heavy (non-hydrogen) atoms. The van der Waals surface area contributed by atoms with Crippen LogP contribution in [-0.4, -0.2) is 14.3 Å². The molecule has 0 saturated heterocycles. The van der Waals surface area contributed by atoms with Crippen LogP contribution in [0.2, 0.25) is 0 Å². The third-order valence-electron chi connectivity index (χ3n) is 4.09. The number of hydrogen-bond donors (Lipinski definition) is 2.